The van der Waals surface area contributed by atoms with Gasteiger partial charge in [0.15, 0.2) is 6.29 Å². The van der Waals surface area contributed by atoms with E-state index in [4.69, 9.17) is 15.2 Å². The average Bonchev–Trinajstić information content (AvgIpc) is 3.25. The first-order valence-corrected chi connectivity index (χ1v) is 20.4. The average molecular weight is 801 g/mol. The van der Waals surface area contributed by atoms with Gasteiger partial charge in [-0.25, -0.2) is 0 Å². The molecule has 59 heavy (non-hydrogen) atoms. The minimum absolute atomic E-state index is 0.00378. The van der Waals surface area contributed by atoms with E-state index >= 15 is 0 Å². The van der Waals surface area contributed by atoms with Gasteiger partial charge in [0.1, 0.15) is 5.75 Å². The van der Waals surface area contributed by atoms with E-state index in [1.807, 2.05) is 84.7 Å². The third-order valence-corrected chi connectivity index (χ3v) is 10.6. The molecule has 5 aromatic rings. The Bertz CT molecular complexity index is 2130. The Hall–Kier alpha value is -5.56. The molecular weight excluding hydrogens is 745 g/mol. The monoisotopic (exact) mass is 800 g/mol. The standard InChI is InChI=1S/C48H56N4O7/c1-52(31-44(55)38-14-10-16-40(54)27-38)30-41-28-45(35-23-21-33(32-53)22-24-35)59-48(58-41)39-15-9-13-37(26-39)36-12-8-11-34(25-36)29-50-46(56)19-4-2-3-5-20-47(57)51-43-18-7-6-17-42(43)49/h6-18,21-27,41,44-45,48,53-55H,2-5,19-20,28-32,49H2,1H3,(H,50,56)(H,51,57)/t41-,44+,45+,48+/m0/s1. The summed E-state index contributed by atoms with van der Waals surface area (Å²) in [7, 11) is 1.94. The van der Waals surface area contributed by atoms with Crippen LogP contribution in [-0.4, -0.2) is 58.3 Å². The van der Waals surface area contributed by atoms with Crippen LogP contribution in [0.1, 0.15) is 91.3 Å². The highest BCUT2D eigenvalue weighted by molar-refractivity contribution is 5.93. The summed E-state index contributed by atoms with van der Waals surface area (Å²) in [6.07, 6.45) is 2.74. The number of phenolic OH excluding ortho intramolecular Hbond substituents is 1. The Kier molecular flexibility index (Phi) is 15.6. The van der Waals surface area contributed by atoms with E-state index < -0.39 is 12.4 Å². The van der Waals surface area contributed by atoms with Crippen molar-refractivity contribution in [3.05, 3.63) is 149 Å². The fraction of sp³-hybridized carbons (Fsp3) is 0.333. The molecule has 0 unspecified atom stereocenters. The Morgan fingerprint density at radius 2 is 1.49 bits per heavy atom. The number of rotatable bonds is 19. The molecule has 4 atom stereocenters. The zero-order chi connectivity index (χ0) is 41.6. The van der Waals surface area contributed by atoms with Crippen LogP contribution in [0.5, 0.6) is 5.75 Å². The first-order chi connectivity index (χ1) is 28.6. The molecule has 0 aromatic heterocycles. The van der Waals surface area contributed by atoms with Crippen molar-refractivity contribution in [1.29, 1.82) is 0 Å². The van der Waals surface area contributed by atoms with Crippen molar-refractivity contribution >= 4 is 23.2 Å². The number of nitrogen functional groups attached to an aromatic ring is 1. The molecule has 5 aromatic carbocycles. The van der Waals surface area contributed by atoms with Crippen LogP contribution in [-0.2, 0) is 32.2 Å². The molecule has 7 N–H and O–H groups in total. The highest BCUT2D eigenvalue weighted by atomic mass is 16.7. The normalized spacial score (nSPS) is 17.1. The number of likely N-dealkylation sites (N-methyl/N-ethyl adjacent to an activating group) is 1. The quantitative estimate of drug-likeness (QED) is 0.0359. The number of nitrogens with zero attached hydrogens (tertiary/aromatic N) is 1. The summed E-state index contributed by atoms with van der Waals surface area (Å²) >= 11 is 0. The zero-order valence-electron chi connectivity index (χ0n) is 33.6. The number of hydrogen-bond donors (Lipinski definition) is 6. The number of nitrogens with one attached hydrogen (secondary N) is 2. The molecule has 310 valence electrons. The Labute approximate surface area is 346 Å². The first-order valence-electron chi connectivity index (χ1n) is 20.4. The SMILES string of the molecule is CN(C[C@@H]1C[C@H](c2ccc(CO)cc2)O[C@H](c2cccc(-c3cccc(CNC(=O)CCCCCCC(=O)Nc4ccccc4N)c3)c2)O1)C[C@@H](O)c1cccc(O)c1. The van der Waals surface area contributed by atoms with Crippen molar-refractivity contribution < 1.29 is 34.4 Å². The van der Waals surface area contributed by atoms with Crippen LogP contribution in [0.3, 0.4) is 0 Å². The van der Waals surface area contributed by atoms with E-state index in [0.717, 1.165) is 59.1 Å². The number of phenols is 1. The van der Waals surface area contributed by atoms with Gasteiger partial charge in [-0.2, -0.15) is 0 Å². The van der Waals surface area contributed by atoms with Gasteiger partial charge in [-0.1, -0.05) is 97.8 Å². The van der Waals surface area contributed by atoms with Crippen LogP contribution in [0.15, 0.2) is 121 Å². The number of nitrogens with two attached hydrogens (primary N) is 1. The maximum Gasteiger partial charge on any atom is 0.224 e. The molecule has 0 saturated carbocycles. The lowest BCUT2D eigenvalue weighted by Crippen LogP contribution is -2.39. The van der Waals surface area contributed by atoms with E-state index in [1.165, 1.54) is 0 Å². The largest absolute Gasteiger partial charge is 0.508 e. The number of aliphatic hydroxyl groups is 2. The highest BCUT2D eigenvalue weighted by Crippen LogP contribution is 2.39. The van der Waals surface area contributed by atoms with Gasteiger partial charge in [0.05, 0.1) is 36.3 Å². The lowest BCUT2D eigenvalue weighted by Gasteiger charge is -2.38. The fourth-order valence-corrected chi connectivity index (χ4v) is 7.35. The summed E-state index contributed by atoms with van der Waals surface area (Å²) in [6.45, 7) is 1.27. The number of hydrogen-bond acceptors (Lipinski definition) is 9. The number of aromatic hydroxyl groups is 1. The molecule has 1 aliphatic heterocycles. The van der Waals surface area contributed by atoms with Crippen LogP contribution < -0.4 is 16.4 Å². The number of ether oxygens (including phenoxy) is 2. The van der Waals surface area contributed by atoms with Gasteiger partial charge in [-0.15, -0.1) is 0 Å². The number of benzene rings is 5. The Morgan fingerprint density at radius 3 is 2.24 bits per heavy atom. The van der Waals surface area contributed by atoms with Crippen LogP contribution in [0.4, 0.5) is 11.4 Å². The van der Waals surface area contributed by atoms with Crippen molar-refractivity contribution in [3.8, 4) is 16.9 Å². The summed E-state index contributed by atoms with van der Waals surface area (Å²) in [5.41, 5.74) is 13.4. The molecule has 0 bridgehead atoms. The molecule has 1 heterocycles. The molecule has 1 fully saturated rings. The van der Waals surface area contributed by atoms with Gasteiger partial charge < -0.3 is 46.1 Å². The summed E-state index contributed by atoms with van der Waals surface area (Å²) in [6, 6.07) is 37.9. The van der Waals surface area contributed by atoms with E-state index in [2.05, 4.69) is 22.8 Å². The second-order valence-electron chi connectivity index (χ2n) is 15.3. The second-order valence-corrected chi connectivity index (χ2v) is 15.3. The van der Waals surface area contributed by atoms with E-state index in [1.54, 1.807) is 36.4 Å². The third-order valence-electron chi connectivity index (χ3n) is 10.6. The van der Waals surface area contributed by atoms with Crippen molar-refractivity contribution in [2.75, 3.05) is 31.2 Å². The number of amides is 2. The number of carbonyl (C=O) groups excluding carboxylic acids is 2. The van der Waals surface area contributed by atoms with Crippen LogP contribution in [0.25, 0.3) is 11.1 Å². The minimum Gasteiger partial charge on any atom is -0.508 e. The van der Waals surface area contributed by atoms with E-state index in [9.17, 15) is 24.9 Å². The molecule has 1 saturated heterocycles. The molecule has 6 rings (SSSR count). The topological polar surface area (TPSA) is 167 Å². The summed E-state index contributed by atoms with van der Waals surface area (Å²) in [5, 5.41) is 36.3. The van der Waals surface area contributed by atoms with Crippen molar-refractivity contribution in [3.63, 3.8) is 0 Å². The zero-order valence-corrected chi connectivity index (χ0v) is 33.6. The third kappa shape index (κ3) is 13.0. The summed E-state index contributed by atoms with van der Waals surface area (Å²) < 4.78 is 13.2. The van der Waals surface area contributed by atoms with Crippen LogP contribution in [0.2, 0.25) is 0 Å². The molecule has 0 aliphatic carbocycles. The molecule has 0 spiro atoms. The lowest BCUT2D eigenvalue weighted by molar-refractivity contribution is -0.252. The molecular formula is C48H56N4O7. The number of unbranched alkanes of at least 4 members (excludes halogenated alkanes) is 3. The van der Waals surface area contributed by atoms with Crippen molar-refractivity contribution in [1.82, 2.24) is 10.2 Å². The Balaban J connectivity index is 1.02. The van der Waals surface area contributed by atoms with Crippen molar-refractivity contribution in [2.24, 2.45) is 0 Å². The number of anilines is 2. The molecule has 0 radical (unpaired) electrons. The van der Waals surface area contributed by atoms with Gasteiger partial charge in [0, 0.05) is 44.5 Å². The van der Waals surface area contributed by atoms with E-state index in [0.29, 0.717) is 55.8 Å². The number of carbonyl (C=O) groups is 2. The fourth-order valence-electron chi connectivity index (χ4n) is 7.35. The molecule has 11 heteroatoms. The minimum atomic E-state index is -0.783. The predicted molar refractivity (Wildman–Crippen MR) is 230 cm³/mol. The number of aliphatic hydroxyl groups excluding tert-OH is 2. The summed E-state index contributed by atoms with van der Waals surface area (Å²) in [5.74, 6) is 0.0474. The second kappa shape index (κ2) is 21.4. The molecule has 11 nitrogen and oxygen atoms in total. The van der Waals surface area contributed by atoms with Gasteiger partial charge >= 0.3 is 0 Å². The van der Waals surface area contributed by atoms with Crippen LogP contribution in [0, 0.1) is 0 Å². The van der Waals surface area contributed by atoms with Gasteiger partial charge in [-0.05, 0) is 89.7 Å². The van der Waals surface area contributed by atoms with E-state index in [-0.39, 0.29) is 36.4 Å². The van der Waals surface area contributed by atoms with Gasteiger partial charge in [0.2, 0.25) is 11.8 Å². The Morgan fingerprint density at radius 1 is 0.780 bits per heavy atom. The van der Waals surface area contributed by atoms with Crippen molar-refractivity contribution in [2.45, 2.75) is 82.7 Å². The number of para-hydroxylation sites is 2. The predicted octanol–water partition coefficient (Wildman–Crippen LogP) is 7.94. The molecule has 1 aliphatic rings. The maximum absolute atomic E-state index is 12.7. The van der Waals surface area contributed by atoms with Gasteiger partial charge in [0.25, 0.3) is 0 Å². The first kappa shape index (κ1) is 43.0. The molecule has 2 amide bonds. The lowest BCUT2D eigenvalue weighted by atomic mass is 9.98. The maximum atomic E-state index is 12.7. The smallest absolute Gasteiger partial charge is 0.224 e. The van der Waals surface area contributed by atoms with Crippen LogP contribution >= 0.6 is 0 Å². The van der Waals surface area contributed by atoms with Gasteiger partial charge in [-0.3, -0.25) is 9.59 Å². The summed E-state index contributed by atoms with van der Waals surface area (Å²) in [4.78, 5) is 27.0. The highest BCUT2D eigenvalue weighted by Gasteiger charge is 2.33.